The summed E-state index contributed by atoms with van der Waals surface area (Å²) in [6, 6.07) is 4.38. The first kappa shape index (κ1) is 12.3. The van der Waals surface area contributed by atoms with Crippen LogP contribution in [0.2, 0.25) is 0 Å². The van der Waals surface area contributed by atoms with E-state index in [1.54, 1.807) is 14.2 Å². The number of piperidine rings is 1. The molecule has 0 saturated carbocycles. The van der Waals surface area contributed by atoms with Crippen molar-refractivity contribution in [2.24, 2.45) is 0 Å². The van der Waals surface area contributed by atoms with Crippen molar-refractivity contribution in [1.82, 2.24) is 5.32 Å². The number of carbonyl (C=O) groups is 1. The van der Waals surface area contributed by atoms with Crippen LogP contribution < -0.4 is 14.8 Å². The standard InChI is InChI=1S/C15H19NO3/c1-18-13-7-4-9-10-5-8-14(17)16-12(10)6-3-11(9)15(13)19-2/h4,7,10,12H,3,5-6,8H2,1-2H3,(H,16,17)/t10-,12+/m0/s1. The van der Waals surface area contributed by atoms with Crippen molar-refractivity contribution in [2.75, 3.05) is 14.2 Å². The molecule has 3 rings (SSSR count). The molecule has 1 aromatic rings. The van der Waals surface area contributed by atoms with Crippen molar-refractivity contribution >= 4 is 5.91 Å². The number of carbonyl (C=O) groups excluding carboxylic acids is 1. The predicted molar refractivity (Wildman–Crippen MR) is 71.8 cm³/mol. The molecule has 102 valence electrons. The van der Waals surface area contributed by atoms with Gasteiger partial charge >= 0.3 is 0 Å². The highest BCUT2D eigenvalue weighted by atomic mass is 16.5. The highest BCUT2D eigenvalue weighted by Crippen LogP contribution is 2.44. The van der Waals surface area contributed by atoms with Gasteiger partial charge in [0.25, 0.3) is 0 Å². The molecule has 0 aromatic heterocycles. The van der Waals surface area contributed by atoms with E-state index in [4.69, 9.17) is 9.47 Å². The maximum Gasteiger partial charge on any atom is 0.220 e. The summed E-state index contributed by atoms with van der Waals surface area (Å²) >= 11 is 0. The summed E-state index contributed by atoms with van der Waals surface area (Å²) in [5, 5.41) is 3.11. The minimum Gasteiger partial charge on any atom is -0.493 e. The molecule has 1 aliphatic carbocycles. The number of benzene rings is 1. The quantitative estimate of drug-likeness (QED) is 0.886. The molecule has 0 bridgehead atoms. The summed E-state index contributed by atoms with van der Waals surface area (Å²) in [5.41, 5.74) is 2.56. The van der Waals surface area contributed by atoms with E-state index >= 15 is 0 Å². The Morgan fingerprint density at radius 3 is 2.74 bits per heavy atom. The highest BCUT2D eigenvalue weighted by Gasteiger charge is 2.35. The van der Waals surface area contributed by atoms with Gasteiger partial charge in [-0.15, -0.1) is 0 Å². The first-order valence-electron chi connectivity index (χ1n) is 6.77. The van der Waals surface area contributed by atoms with E-state index in [-0.39, 0.29) is 11.9 Å². The summed E-state index contributed by atoms with van der Waals surface area (Å²) in [6.07, 6.45) is 3.46. The zero-order chi connectivity index (χ0) is 13.4. The van der Waals surface area contributed by atoms with Crippen molar-refractivity contribution in [3.05, 3.63) is 23.3 Å². The Labute approximate surface area is 113 Å². The van der Waals surface area contributed by atoms with Crippen LogP contribution in [0.15, 0.2) is 12.1 Å². The fourth-order valence-electron chi connectivity index (χ4n) is 3.42. The second kappa shape index (κ2) is 4.76. The van der Waals surface area contributed by atoms with Gasteiger partial charge < -0.3 is 14.8 Å². The number of hydrogen-bond donors (Lipinski definition) is 1. The van der Waals surface area contributed by atoms with E-state index < -0.39 is 0 Å². The number of ether oxygens (including phenoxy) is 2. The van der Waals surface area contributed by atoms with Crippen molar-refractivity contribution in [1.29, 1.82) is 0 Å². The van der Waals surface area contributed by atoms with E-state index in [1.807, 2.05) is 6.07 Å². The van der Waals surface area contributed by atoms with Crippen molar-refractivity contribution in [2.45, 2.75) is 37.6 Å². The average molecular weight is 261 g/mol. The van der Waals surface area contributed by atoms with Gasteiger partial charge in [0.1, 0.15) is 0 Å². The molecule has 1 saturated heterocycles. The molecule has 1 heterocycles. The minimum absolute atomic E-state index is 0.185. The molecule has 1 amide bonds. The van der Waals surface area contributed by atoms with Crippen LogP contribution in [0, 0.1) is 0 Å². The zero-order valence-corrected chi connectivity index (χ0v) is 11.4. The van der Waals surface area contributed by atoms with Crippen LogP contribution in [0.3, 0.4) is 0 Å². The fourth-order valence-corrected chi connectivity index (χ4v) is 3.42. The molecule has 2 aliphatic rings. The Hall–Kier alpha value is -1.71. The first-order chi connectivity index (χ1) is 9.24. The SMILES string of the molecule is COc1ccc2c(c1OC)CC[C@H]1NC(=O)CC[C@@H]21. The van der Waals surface area contributed by atoms with E-state index in [1.165, 1.54) is 11.1 Å². The Bertz CT molecular complexity index is 512. The molecule has 1 N–H and O–H groups in total. The van der Waals surface area contributed by atoms with E-state index in [2.05, 4.69) is 11.4 Å². The van der Waals surface area contributed by atoms with E-state index in [9.17, 15) is 4.79 Å². The molecular formula is C15H19NO3. The highest BCUT2D eigenvalue weighted by molar-refractivity contribution is 5.77. The normalized spacial score (nSPS) is 25.1. The topological polar surface area (TPSA) is 47.6 Å². The number of methoxy groups -OCH3 is 2. The van der Waals surface area contributed by atoms with Gasteiger partial charge in [0.15, 0.2) is 11.5 Å². The Kier molecular flexibility index (Phi) is 3.09. The molecule has 1 fully saturated rings. The van der Waals surface area contributed by atoms with Gasteiger partial charge in [-0.3, -0.25) is 4.79 Å². The fraction of sp³-hybridized carbons (Fsp3) is 0.533. The van der Waals surface area contributed by atoms with Crippen LogP contribution in [0.1, 0.15) is 36.3 Å². The zero-order valence-electron chi connectivity index (χ0n) is 11.4. The Morgan fingerprint density at radius 2 is 2.00 bits per heavy atom. The molecule has 19 heavy (non-hydrogen) atoms. The molecule has 0 radical (unpaired) electrons. The third-order valence-electron chi connectivity index (χ3n) is 4.30. The van der Waals surface area contributed by atoms with Crippen molar-refractivity contribution < 1.29 is 14.3 Å². The molecule has 1 aliphatic heterocycles. The van der Waals surface area contributed by atoms with Gasteiger partial charge in [0, 0.05) is 23.9 Å². The molecule has 4 heteroatoms. The van der Waals surface area contributed by atoms with Crippen LogP contribution in [0.25, 0.3) is 0 Å². The first-order valence-corrected chi connectivity index (χ1v) is 6.77. The van der Waals surface area contributed by atoms with Gasteiger partial charge in [0.2, 0.25) is 5.91 Å². The number of nitrogens with one attached hydrogen (secondary N) is 1. The van der Waals surface area contributed by atoms with Gasteiger partial charge in [0.05, 0.1) is 14.2 Å². The summed E-state index contributed by atoms with van der Waals surface area (Å²) in [5.74, 6) is 2.25. The third-order valence-corrected chi connectivity index (χ3v) is 4.30. The van der Waals surface area contributed by atoms with Gasteiger partial charge in [-0.25, -0.2) is 0 Å². The lowest BCUT2D eigenvalue weighted by Gasteiger charge is -2.38. The number of fused-ring (bicyclic) bond motifs is 3. The predicted octanol–water partition coefficient (Wildman–Crippen LogP) is 2.01. The average Bonchev–Trinajstić information content (AvgIpc) is 2.45. The van der Waals surface area contributed by atoms with Gasteiger partial charge in [-0.2, -0.15) is 0 Å². The van der Waals surface area contributed by atoms with Gasteiger partial charge in [-0.1, -0.05) is 6.07 Å². The van der Waals surface area contributed by atoms with Crippen LogP contribution >= 0.6 is 0 Å². The maximum absolute atomic E-state index is 11.5. The second-order valence-electron chi connectivity index (χ2n) is 5.23. The van der Waals surface area contributed by atoms with Crippen molar-refractivity contribution in [3.63, 3.8) is 0 Å². The van der Waals surface area contributed by atoms with Crippen LogP contribution in [0.5, 0.6) is 11.5 Å². The molecule has 0 unspecified atom stereocenters. The maximum atomic E-state index is 11.5. The number of hydrogen-bond acceptors (Lipinski definition) is 3. The van der Waals surface area contributed by atoms with Crippen LogP contribution in [-0.2, 0) is 11.2 Å². The lowest BCUT2D eigenvalue weighted by molar-refractivity contribution is -0.123. The molecular weight excluding hydrogens is 242 g/mol. The molecule has 2 atom stereocenters. The molecule has 1 aromatic carbocycles. The van der Waals surface area contributed by atoms with Crippen molar-refractivity contribution in [3.8, 4) is 11.5 Å². The summed E-state index contributed by atoms with van der Waals surface area (Å²) < 4.78 is 10.9. The summed E-state index contributed by atoms with van der Waals surface area (Å²) in [4.78, 5) is 11.5. The Balaban J connectivity index is 2.02. The smallest absolute Gasteiger partial charge is 0.220 e. The molecule has 4 nitrogen and oxygen atoms in total. The monoisotopic (exact) mass is 261 g/mol. The minimum atomic E-state index is 0.185. The molecule has 0 spiro atoms. The van der Waals surface area contributed by atoms with E-state index in [0.29, 0.717) is 12.3 Å². The third kappa shape index (κ3) is 1.95. The number of rotatable bonds is 2. The summed E-state index contributed by atoms with van der Waals surface area (Å²) in [6.45, 7) is 0. The second-order valence-corrected chi connectivity index (χ2v) is 5.23. The summed E-state index contributed by atoms with van der Waals surface area (Å²) in [7, 11) is 3.35. The number of amides is 1. The largest absolute Gasteiger partial charge is 0.493 e. The van der Waals surface area contributed by atoms with E-state index in [0.717, 1.165) is 30.8 Å². The Morgan fingerprint density at radius 1 is 1.16 bits per heavy atom. The van der Waals surface area contributed by atoms with Gasteiger partial charge in [-0.05, 0) is 30.9 Å². The van der Waals surface area contributed by atoms with Crippen LogP contribution in [0.4, 0.5) is 0 Å². The lowest BCUT2D eigenvalue weighted by Crippen LogP contribution is -2.45. The lowest BCUT2D eigenvalue weighted by atomic mass is 9.75. The van der Waals surface area contributed by atoms with Crippen LogP contribution in [-0.4, -0.2) is 26.2 Å².